The smallest absolute Gasteiger partial charge is 0.244 e. The first kappa shape index (κ1) is 30.0. The Morgan fingerprint density at radius 1 is 1.05 bits per heavy atom. The SMILES string of the molecule is CCOc1ccc(NC(=O)[C@@H]2[C@H]3C(=O)N([C@@H](CO)Cc4ccccc4)C(C(=O)NC4CCCCC4)C34CC[C@@]2(C)S4)cc1. The molecule has 6 atom stereocenters. The van der Waals surface area contributed by atoms with Crippen LogP contribution in [-0.2, 0) is 20.8 Å². The fraction of sp³-hybridized carbons (Fsp3) is 0.559. The number of rotatable bonds is 10. The number of aliphatic hydroxyl groups excluding tert-OH is 1. The van der Waals surface area contributed by atoms with Gasteiger partial charge in [-0.25, -0.2) is 0 Å². The minimum absolute atomic E-state index is 0.0910. The highest BCUT2D eigenvalue weighted by molar-refractivity contribution is 8.02. The van der Waals surface area contributed by atoms with Crippen molar-refractivity contribution in [1.29, 1.82) is 0 Å². The molecule has 3 saturated heterocycles. The highest BCUT2D eigenvalue weighted by Crippen LogP contribution is 2.71. The van der Waals surface area contributed by atoms with Crippen LogP contribution in [0.2, 0.25) is 0 Å². The zero-order chi connectivity index (χ0) is 30.2. The maximum Gasteiger partial charge on any atom is 0.244 e. The van der Waals surface area contributed by atoms with Crippen molar-refractivity contribution < 1.29 is 24.2 Å². The summed E-state index contributed by atoms with van der Waals surface area (Å²) in [6.07, 6.45) is 7.08. The average Bonchev–Trinajstić information content (AvgIpc) is 3.58. The van der Waals surface area contributed by atoms with Crippen LogP contribution < -0.4 is 15.4 Å². The monoisotopic (exact) mass is 605 g/mol. The molecule has 3 aliphatic heterocycles. The van der Waals surface area contributed by atoms with Gasteiger partial charge in [0.1, 0.15) is 11.8 Å². The van der Waals surface area contributed by atoms with Gasteiger partial charge < -0.3 is 25.4 Å². The molecule has 3 amide bonds. The fourth-order valence-corrected chi connectivity index (χ4v) is 10.5. The molecule has 0 radical (unpaired) electrons. The molecule has 1 saturated carbocycles. The Hall–Kier alpha value is -3.04. The molecule has 2 bridgehead atoms. The maximum atomic E-state index is 14.6. The number of carbonyl (C=O) groups is 3. The largest absolute Gasteiger partial charge is 0.494 e. The van der Waals surface area contributed by atoms with E-state index in [9.17, 15) is 19.5 Å². The second-order valence-electron chi connectivity index (χ2n) is 12.8. The standard InChI is InChI=1S/C34H43N3O5S/c1-3-42-26-16-14-24(15-17-26)35-30(39)27-28-32(41)37(25(21-38)20-22-10-6-4-7-11-22)29(34(28)19-18-33(27,2)43-34)31(40)36-23-12-8-5-9-13-23/h4,6-7,10-11,14-17,23,25,27-29,38H,3,5,8-9,12-13,18-21H2,1-2H3,(H,35,39)(H,36,40)/t25-,27+,28+,29?,33-,34?/m1/s1. The van der Waals surface area contributed by atoms with Crippen molar-refractivity contribution in [3.8, 4) is 5.75 Å². The lowest BCUT2D eigenvalue weighted by molar-refractivity contribution is -0.142. The Bertz CT molecular complexity index is 1330. The first-order valence-electron chi connectivity index (χ1n) is 15.8. The summed E-state index contributed by atoms with van der Waals surface area (Å²) in [5.41, 5.74) is 1.63. The van der Waals surface area contributed by atoms with Gasteiger partial charge in [-0.05, 0) is 75.8 Å². The normalized spacial score (nSPS) is 30.6. The molecule has 230 valence electrons. The van der Waals surface area contributed by atoms with Gasteiger partial charge in [0.25, 0.3) is 0 Å². The molecular formula is C34H43N3O5S. The highest BCUT2D eigenvalue weighted by atomic mass is 32.2. The number of nitrogens with one attached hydrogen (secondary N) is 2. The number of nitrogens with zero attached hydrogens (tertiary/aromatic N) is 1. The van der Waals surface area contributed by atoms with Gasteiger partial charge in [0.2, 0.25) is 17.7 Å². The molecule has 2 aromatic carbocycles. The molecule has 4 aliphatic rings. The molecule has 3 heterocycles. The highest BCUT2D eigenvalue weighted by Gasteiger charge is 2.77. The second-order valence-corrected chi connectivity index (χ2v) is 14.7. The lowest BCUT2D eigenvalue weighted by Crippen LogP contribution is -2.58. The number of carbonyl (C=O) groups excluding carboxylic acids is 3. The minimum Gasteiger partial charge on any atom is -0.494 e. The molecule has 0 aromatic heterocycles. The average molecular weight is 606 g/mol. The summed E-state index contributed by atoms with van der Waals surface area (Å²) >= 11 is 1.66. The third-order valence-electron chi connectivity index (χ3n) is 10.0. The molecule has 2 unspecified atom stereocenters. The second kappa shape index (κ2) is 12.2. The number of likely N-dealkylation sites (tertiary alicyclic amines) is 1. The topological polar surface area (TPSA) is 108 Å². The first-order chi connectivity index (χ1) is 20.8. The van der Waals surface area contributed by atoms with E-state index in [1.807, 2.05) is 61.5 Å². The number of benzene rings is 2. The maximum absolute atomic E-state index is 14.6. The Morgan fingerprint density at radius 3 is 2.44 bits per heavy atom. The Morgan fingerprint density at radius 2 is 1.77 bits per heavy atom. The van der Waals surface area contributed by atoms with E-state index in [1.165, 1.54) is 6.42 Å². The molecule has 8 nitrogen and oxygen atoms in total. The molecule has 43 heavy (non-hydrogen) atoms. The lowest BCUT2D eigenvalue weighted by Gasteiger charge is -2.38. The van der Waals surface area contributed by atoms with Gasteiger partial charge in [-0.2, -0.15) is 0 Å². The van der Waals surface area contributed by atoms with Crippen LogP contribution >= 0.6 is 11.8 Å². The van der Waals surface area contributed by atoms with Crippen LogP contribution in [-0.4, -0.2) is 68.6 Å². The lowest BCUT2D eigenvalue weighted by atomic mass is 9.66. The Kier molecular flexibility index (Phi) is 8.48. The number of thioether (sulfide) groups is 1. The van der Waals surface area contributed by atoms with E-state index in [-0.39, 0.29) is 30.4 Å². The summed E-state index contributed by atoms with van der Waals surface area (Å²) in [6.45, 7) is 4.29. The molecule has 6 rings (SSSR count). The van der Waals surface area contributed by atoms with Crippen LogP contribution in [0.25, 0.3) is 0 Å². The Balaban J connectivity index is 1.33. The molecule has 1 spiro atoms. The van der Waals surface area contributed by atoms with E-state index >= 15 is 0 Å². The van der Waals surface area contributed by atoms with Crippen LogP contribution in [0.4, 0.5) is 5.69 Å². The van der Waals surface area contributed by atoms with Crippen molar-refractivity contribution in [2.75, 3.05) is 18.5 Å². The van der Waals surface area contributed by atoms with Gasteiger partial charge in [-0.3, -0.25) is 14.4 Å². The summed E-state index contributed by atoms with van der Waals surface area (Å²) in [7, 11) is 0. The van der Waals surface area contributed by atoms with Crippen LogP contribution in [0.5, 0.6) is 5.75 Å². The van der Waals surface area contributed by atoms with Gasteiger partial charge in [-0.15, -0.1) is 11.8 Å². The molecule has 2 aromatic rings. The van der Waals surface area contributed by atoms with Gasteiger partial charge in [0.15, 0.2) is 0 Å². The predicted molar refractivity (Wildman–Crippen MR) is 168 cm³/mol. The van der Waals surface area contributed by atoms with Crippen molar-refractivity contribution in [3.05, 3.63) is 60.2 Å². The molecule has 3 N–H and O–H groups in total. The van der Waals surface area contributed by atoms with E-state index in [1.54, 1.807) is 16.7 Å². The molecular weight excluding hydrogens is 562 g/mol. The number of hydrogen-bond donors (Lipinski definition) is 3. The van der Waals surface area contributed by atoms with E-state index in [2.05, 4.69) is 17.6 Å². The summed E-state index contributed by atoms with van der Waals surface area (Å²) in [5.74, 6) is -1.05. The molecule has 1 aliphatic carbocycles. The summed E-state index contributed by atoms with van der Waals surface area (Å²) in [5, 5.41) is 17.1. The van der Waals surface area contributed by atoms with Crippen molar-refractivity contribution >= 4 is 35.2 Å². The minimum atomic E-state index is -0.747. The number of amides is 3. The third kappa shape index (κ3) is 5.43. The summed E-state index contributed by atoms with van der Waals surface area (Å²) in [6, 6.07) is 15.8. The van der Waals surface area contributed by atoms with E-state index in [0.29, 0.717) is 25.1 Å². The van der Waals surface area contributed by atoms with Gasteiger partial charge in [0, 0.05) is 16.5 Å². The predicted octanol–water partition coefficient (Wildman–Crippen LogP) is 4.56. The van der Waals surface area contributed by atoms with Crippen LogP contribution in [0.1, 0.15) is 64.4 Å². The van der Waals surface area contributed by atoms with Crippen molar-refractivity contribution in [2.24, 2.45) is 11.8 Å². The van der Waals surface area contributed by atoms with Gasteiger partial charge >= 0.3 is 0 Å². The molecule has 4 fully saturated rings. The number of anilines is 1. The van der Waals surface area contributed by atoms with Gasteiger partial charge in [-0.1, -0.05) is 49.6 Å². The molecule has 9 heteroatoms. The van der Waals surface area contributed by atoms with Gasteiger partial charge in [0.05, 0.1) is 35.8 Å². The first-order valence-corrected chi connectivity index (χ1v) is 16.6. The number of aliphatic hydroxyl groups is 1. The summed E-state index contributed by atoms with van der Waals surface area (Å²) in [4.78, 5) is 44.7. The van der Waals surface area contributed by atoms with Crippen molar-refractivity contribution in [1.82, 2.24) is 10.2 Å². The number of ether oxygens (including phenoxy) is 1. The van der Waals surface area contributed by atoms with E-state index in [0.717, 1.165) is 43.4 Å². The van der Waals surface area contributed by atoms with E-state index < -0.39 is 33.4 Å². The van der Waals surface area contributed by atoms with Crippen LogP contribution in [0.3, 0.4) is 0 Å². The van der Waals surface area contributed by atoms with E-state index in [4.69, 9.17) is 4.74 Å². The number of hydrogen-bond acceptors (Lipinski definition) is 6. The van der Waals surface area contributed by atoms with Crippen LogP contribution in [0.15, 0.2) is 54.6 Å². The van der Waals surface area contributed by atoms with Crippen LogP contribution in [0, 0.1) is 11.8 Å². The zero-order valence-electron chi connectivity index (χ0n) is 25.1. The quantitative estimate of drug-likeness (QED) is 0.367. The summed E-state index contributed by atoms with van der Waals surface area (Å²) < 4.78 is 4.34. The Labute approximate surface area is 258 Å². The van der Waals surface area contributed by atoms with Crippen molar-refractivity contribution in [2.45, 2.75) is 92.8 Å². The van der Waals surface area contributed by atoms with Crippen molar-refractivity contribution in [3.63, 3.8) is 0 Å². The zero-order valence-corrected chi connectivity index (χ0v) is 25.9. The number of fused-ring (bicyclic) bond motifs is 1. The fourth-order valence-electron chi connectivity index (χ4n) is 8.14. The third-order valence-corrected chi connectivity index (χ3v) is 12.0.